The summed E-state index contributed by atoms with van der Waals surface area (Å²) in [7, 11) is -0.191. The van der Waals surface area contributed by atoms with E-state index < -0.39 is 0 Å². The third-order valence-electron chi connectivity index (χ3n) is 2.79. The average Bonchev–Trinajstić information content (AvgIpc) is 2.89. The Morgan fingerprint density at radius 1 is 1.12 bits per heavy atom. The second-order valence-corrected chi connectivity index (χ2v) is 4.20. The summed E-state index contributed by atoms with van der Waals surface area (Å²) in [5, 5.41) is 0. The van der Waals surface area contributed by atoms with E-state index in [1.54, 1.807) is 0 Å². The van der Waals surface area contributed by atoms with E-state index in [0.29, 0.717) is 13.2 Å². The number of benzene rings is 1. The zero-order valence-electron chi connectivity index (χ0n) is 10.4. The highest BCUT2D eigenvalue weighted by Gasteiger charge is 2.25. The average molecular weight is 234 g/mol. The van der Waals surface area contributed by atoms with E-state index in [1.165, 1.54) is 12.8 Å². The monoisotopic (exact) mass is 234 g/mol. The van der Waals surface area contributed by atoms with E-state index in [-0.39, 0.29) is 7.12 Å². The van der Waals surface area contributed by atoms with E-state index in [0.717, 1.165) is 24.2 Å². The van der Waals surface area contributed by atoms with Gasteiger partial charge in [0.1, 0.15) is 5.75 Å². The second-order valence-electron chi connectivity index (χ2n) is 4.20. The molecule has 17 heavy (non-hydrogen) atoms. The van der Waals surface area contributed by atoms with Crippen LogP contribution in [0.1, 0.15) is 26.2 Å². The van der Waals surface area contributed by atoms with Crippen molar-refractivity contribution in [3.63, 3.8) is 0 Å². The molecule has 1 fully saturated rings. The lowest BCUT2D eigenvalue weighted by atomic mass is 9.79. The number of hydrogen-bond acceptors (Lipinski definition) is 3. The van der Waals surface area contributed by atoms with Crippen LogP contribution in [-0.4, -0.2) is 26.9 Å². The second kappa shape index (κ2) is 6.67. The lowest BCUT2D eigenvalue weighted by Crippen LogP contribution is -2.31. The maximum atomic E-state index is 5.64. The molecule has 1 aliphatic heterocycles. The van der Waals surface area contributed by atoms with Gasteiger partial charge in [0.05, 0.1) is 19.8 Å². The summed E-state index contributed by atoms with van der Waals surface area (Å²) in [5.41, 5.74) is 1.06. The summed E-state index contributed by atoms with van der Waals surface area (Å²) in [6.45, 7) is 4.35. The predicted molar refractivity (Wildman–Crippen MR) is 68.8 cm³/mol. The summed E-state index contributed by atoms with van der Waals surface area (Å²) < 4.78 is 16.5. The SMILES string of the molecule is CCCCCOc1ccc(B2OCCO2)cc1. The van der Waals surface area contributed by atoms with Crippen LogP contribution in [0.2, 0.25) is 0 Å². The molecule has 2 rings (SSSR count). The van der Waals surface area contributed by atoms with E-state index in [2.05, 4.69) is 6.92 Å². The molecule has 0 aliphatic carbocycles. The Hall–Kier alpha value is -0.995. The van der Waals surface area contributed by atoms with Crippen LogP contribution in [0.25, 0.3) is 0 Å². The number of hydrogen-bond donors (Lipinski definition) is 0. The molecule has 0 atom stereocenters. The van der Waals surface area contributed by atoms with Gasteiger partial charge in [-0.05, 0) is 24.0 Å². The van der Waals surface area contributed by atoms with Gasteiger partial charge in [0, 0.05) is 0 Å². The lowest BCUT2D eigenvalue weighted by Gasteiger charge is -2.07. The first-order chi connectivity index (χ1) is 8.40. The van der Waals surface area contributed by atoms with E-state index in [1.807, 2.05) is 24.3 Å². The third kappa shape index (κ3) is 3.75. The minimum atomic E-state index is -0.191. The molecule has 0 saturated carbocycles. The molecule has 0 spiro atoms. The van der Waals surface area contributed by atoms with Crippen molar-refractivity contribution in [1.29, 1.82) is 0 Å². The standard InChI is InChI=1S/C13H19BO3/c1-2-3-4-9-15-13-7-5-12(6-8-13)14-16-10-11-17-14/h5-8H,2-4,9-11H2,1H3. The van der Waals surface area contributed by atoms with Crippen LogP contribution in [0, 0.1) is 0 Å². The third-order valence-corrected chi connectivity index (χ3v) is 2.79. The van der Waals surface area contributed by atoms with E-state index in [9.17, 15) is 0 Å². The van der Waals surface area contributed by atoms with Crippen LogP contribution < -0.4 is 10.2 Å². The molecule has 0 N–H and O–H groups in total. The van der Waals surface area contributed by atoms with Crippen LogP contribution in [-0.2, 0) is 9.31 Å². The van der Waals surface area contributed by atoms with Crippen LogP contribution in [0.3, 0.4) is 0 Å². The molecule has 0 amide bonds. The predicted octanol–water partition coefficient (Wildman–Crippen LogP) is 2.00. The molecule has 3 nitrogen and oxygen atoms in total. The fourth-order valence-electron chi connectivity index (χ4n) is 1.81. The van der Waals surface area contributed by atoms with Crippen molar-refractivity contribution in [2.24, 2.45) is 0 Å². The zero-order chi connectivity index (χ0) is 11.9. The molecule has 1 aromatic carbocycles. The maximum Gasteiger partial charge on any atom is 0.494 e. The largest absolute Gasteiger partial charge is 0.494 e. The molecule has 1 saturated heterocycles. The van der Waals surface area contributed by atoms with Crippen molar-refractivity contribution in [3.05, 3.63) is 24.3 Å². The highest BCUT2D eigenvalue weighted by atomic mass is 16.6. The summed E-state index contributed by atoms with van der Waals surface area (Å²) in [6.07, 6.45) is 3.56. The van der Waals surface area contributed by atoms with E-state index in [4.69, 9.17) is 14.0 Å². The Morgan fingerprint density at radius 2 is 1.82 bits per heavy atom. The van der Waals surface area contributed by atoms with Crippen molar-refractivity contribution >= 4 is 12.6 Å². The van der Waals surface area contributed by atoms with Gasteiger partial charge < -0.3 is 14.0 Å². The first-order valence-corrected chi connectivity index (χ1v) is 6.36. The molecule has 92 valence electrons. The van der Waals surface area contributed by atoms with Crippen molar-refractivity contribution in [2.45, 2.75) is 26.2 Å². The highest BCUT2D eigenvalue weighted by Crippen LogP contribution is 2.10. The smallest absolute Gasteiger partial charge is 0.494 e. The first kappa shape index (κ1) is 12.5. The van der Waals surface area contributed by atoms with Gasteiger partial charge >= 0.3 is 7.12 Å². The highest BCUT2D eigenvalue weighted by molar-refractivity contribution is 6.61. The summed E-state index contributed by atoms with van der Waals surface area (Å²) in [5.74, 6) is 0.919. The topological polar surface area (TPSA) is 27.7 Å². The van der Waals surface area contributed by atoms with Gasteiger partial charge in [-0.3, -0.25) is 0 Å². The minimum absolute atomic E-state index is 0.191. The van der Waals surface area contributed by atoms with Gasteiger partial charge in [0.15, 0.2) is 0 Å². The molecule has 0 aromatic heterocycles. The molecule has 0 unspecified atom stereocenters. The van der Waals surface area contributed by atoms with Gasteiger partial charge in [-0.25, -0.2) is 0 Å². The Labute approximate surface area is 103 Å². The number of ether oxygens (including phenoxy) is 1. The van der Waals surface area contributed by atoms with Crippen LogP contribution in [0.5, 0.6) is 5.75 Å². The lowest BCUT2D eigenvalue weighted by molar-refractivity contribution is 0.306. The van der Waals surface area contributed by atoms with E-state index >= 15 is 0 Å². The quantitative estimate of drug-likeness (QED) is 0.556. The number of unbranched alkanes of at least 4 members (excludes halogenated alkanes) is 2. The molecule has 1 aliphatic rings. The Morgan fingerprint density at radius 3 is 2.47 bits per heavy atom. The summed E-state index contributed by atoms with van der Waals surface area (Å²) in [4.78, 5) is 0. The van der Waals surface area contributed by atoms with Crippen LogP contribution in [0.4, 0.5) is 0 Å². The minimum Gasteiger partial charge on any atom is -0.494 e. The van der Waals surface area contributed by atoms with Crippen molar-refractivity contribution in [2.75, 3.05) is 19.8 Å². The first-order valence-electron chi connectivity index (χ1n) is 6.36. The molecule has 4 heteroatoms. The molecule has 0 bridgehead atoms. The molecular weight excluding hydrogens is 215 g/mol. The summed E-state index contributed by atoms with van der Waals surface area (Å²) in [6, 6.07) is 7.97. The van der Waals surface area contributed by atoms with Crippen LogP contribution in [0.15, 0.2) is 24.3 Å². The van der Waals surface area contributed by atoms with Gasteiger partial charge in [0.25, 0.3) is 0 Å². The fourth-order valence-corrected chi connectivity index (χ4v) is 1.81. The van der Waals surface area contributed by atoms with Crippen molar-refractivity contribution in [3.8, 4) is 5.75 Å². The zero-order valence-corrected chi connectivity index (χ0v) is 10.4. The molecular formula is C13H19BO3. The Balaban J connectivity index is 1.80. The van der Waals surface area contributed by atoms with Crippen molar-refractivity contribution in [1.82, 2.24) is 0 Å². The molecule has 1 aromatic rings. The van der Waals surface area contributed by atoms with Crippen LogP contribution >= 0.6 is 0 Å². The van der Waals surface area contributed by atoms with Gasteiger partial charge in [0.2, 0.25) is 0 Å². The maximum absolute atomic E-state index is 5.64. The van der Waals surface area contributed by atoms with Crippen molar-refractivity contribution < 1.29 is 14.0 Å². The Bertz CT molecular complexity index is 320. The summed E-state index contributed by atoms with van der Waals surface area (Å²) >= 11 is 0. The Kier molecular flexibility index (Phi) is 4.89. The van der Waals surface area contributed by atoms with Gasteiger partial charge in [-0.1, -0.05) is 31.9 Å². The fraction of sp³-hybridized carbons (Fsp3) is 0.538. The number of rotatable bonds is 6. The normalized spacial score (nSPS) is 15.2. The van der Waals surface area contributed by atoms with Gasteiger partial charge in [-0.2, -0.15) is 0 Å². The molecule has 0 radical (unpaired) electrons. The van der Waals surface area contributed by atoms with Gasteiger partial charge in [-0.15, -0.1) is 0 Å². The molecule has 1 heterocycles.